The molecule has 13 rings (SSSR count). The number of benzene rings is 11. The Hall–Kier alpha value is -10.0. The van der Waals surface area contributed by atoms with Crippen molar-refractivity contribution >= 4 is 49.3 Å². The highest BCUT2D eigenvalue weighted by atomic mass is 15.0. The highest BCUT2D eigenvalue weighted by Gasteiger charge is 2.24. The van der Waals surface area contributed by atoms with E-state index in [9.17, 15) is 5.26 Å². The number of nitrogens with zero attached hydrogens (tertiary/aromatic N) is 4. The van der Waals surface area contributed by atoms with Gasteiger partial charge >= 0.3 is 0 Å². The molecule has 2 aromatic heterocycles. The first-order valence-electron chi connectivity index (χ1n) is 26.2. The van der Waals surface area contributed by atoms with Gasteiger partial charge in [0.1, 0.15) is 0 Å². The van der Waals surface area contributed by atoms with Crippen LogP contribution < -0.4 is 0 Å². The van der Waals surface area contributed by atoms with E-state index >= 15 is 0 Å². The van der Waals surface area contributed by atoms with Gasteiger partial charge in [-0.2, -0.15) is 5.26 Å². The number of rotatable bonds is 8. The largest absolute Gasteiger partial charge is 0.309 e. The first-order chi connectivity index (χ1) is 37.6. The first kappa shape index (κ1) is 46.8. The number of fused-ring (bicyclic) bond motifs is 6. The molecule has 0 saturated heterocycles. The van der Waals surface area contributed by atoms with Crippen LogP contribution in [0.3, 0.4) is 0 Å². The zero-order chi connectivity index (χ0) is 52.5. The number of aromatic nitrogens is 2. The van der Waals surface area contributed by atoms with E-state index in [-0.39, 0.29) is 0 Å². The van der Waals surface area contributed by atoms with Gasteiger partial charge in [-0.15, -0.1) is 0 Å². The lowest BCUT2D eigenvalue weighted by Gasteiger charge is -2.20. The van der Waals surface area contributed by atoms with Gasteiger partial charge in [0.05, 0.1) is 51.6 Å². The first-order valence-corrected chi connectivity index (χ1v) is 26.2. The van der Waals surface area contributed by atoms with Crippen molar-refractivity contribution in [3.63, 3.8) is 0 Å². The van der Waals surface area contributed by atoms with Crippen molar-refractivity contribution in [1.82, 2.24) is 9.13 Å². The van der Waals surface area contributed by atoms with Gasteiger partial charge in [0, 0.05) is 32.7 Å². The fourth-order valence-electron chi connectivity index (χ4n) is 11.7. The lowest BCUT2D eigenvalue weighted by atomic mass is 9.94. The molecule has 77 heavy (non-hydrogen) atoms. The number of hydrogen-bond acceptors (Lipinski definition) is 1. The highest BCUT2D eigenvalue weighted by molar-refractivity contribution is 6.14. The fraction of sp³-hybridized carbons (Fsp3) is 0.0685. The molecule has 0 aliphatic carbocycles. The summed E-state index contributed by atoms with van der Waals surface area (Å²) in [7, 11) is 0. The maximum atomic E-state index is 10.8. The van der Waals surface area contributed by atoms with Crippen LogP contribution >= 0.6 is 0 Å². The van der Waals surface area contributed by atoms with Crippen molar-refractivity contribution < 1.29 is 0 Å². The van der Waals surface area contributed by atoms with Crippen LogP contribution in [0, 0.1) is 52.5 Å². The molecule has 13 aromatic rings. The summed E-state index contributed by atoms with van der Waals surface area (Å²) in [6, 6.07) is 83.7. The minimum Gasteiger partial charge on any atom is -0.309 e. The summed E-state index contributed by atoms with van der Waals surface area (Å²) in [4.78, 5) is 4.06. The van der Waals surface area contributed by atoms with Gasteiger partial charge in [-0.1, -0.05) is 179 Å². The molecule has 2 heterocycles. The Balaban J connectivity index is 1.12. The van der Waals surface area contributed by atoms with Crippen molar-refractivity contribution in [2.45, 2.75) is 34.6 Å². The average Bonchev–Trinajstić information content (AvgIpc) is 4.06. The van der Waals surface area contributed by atoms with Crippen molar-refractivity contribution in [1.29, 1.82) is 5.26 Å². The van der Waals surface area contributed by atoms with Crippen LogP contribution in [0.2, 0.25) is 0 Å². The quantitative estimate of drug-likeness (QED) is 0.140. The fourth-order valence-corrected chi connectivity index (χ4v) is 11.7. The molecule has 0 aliphatic heterocycles. The summed E-state index contributed by atoms with van der Waals surface area (Å²) in [5.74, 6) is 0. The zero-order valence-electron chi connectivity index (χ0n) is 43.7. The van der Waals surface area contributed by atoms with Crippen LogP contribution in [-0.2, 0) is 0 Å². The van der Waals surface area contributed by atoms with Gasteiger partial charge in [-0.3, -0.25) is 0 Å². The van der Waals surface area contributed by atoms with Gasteiger partial charge in [0.25, 0.3) is 0 Å². The van der Waals surface area contributed by atoms with E-state index in [0.717, 1.165) is 116 Å². The smallest absolute Gasteiger partial charge is 0.195 e. The van der Waals surface area contributed by atoms with Gasteiger partial charge in [0.2, 0.25) is 0 Å². The number of aryl methyl sites for hydroxylation is 5. The molecule has 4 nitrogen and oxygen atoms in total. The molecule has 0 N–H and O–H groups in total. The van der Waals surface area contributed by atoms with E-state index in [1.807, 2.05) is 19.1 Å². The van der Waals surface area contributed by atoms with Crippen molar-refractivity contribution in [2.75, 3.05) is 0 Å². The summed E-state index contributed by atoms with van der Waals surface area (Å²) >= 11 is 0. The second-order valence-electron chi connectivity index (χ2n) is 20.8. The Morgan fingerprint density at radius 1 is 0.325 bits per heavy atom. The summed E-state index contributed by atoms with van der Waals surface area (Å²) < 4.78 is 4.78. The topological polar surface area (TPSA) is 38.0 Å². The predicted molar refractivity (Wildman–Crippen MR) is 322 cm³/mol. The molecule has 0 bridgehead atoms. The van der Waals surface area contributed by atoms with Gasteiger partial charge in [0.15, 0.2) is 5.69 Å². The molecule has 0 aliphatic rings. The van der Waals surface area contributed by atoms with E-state index in [1.165, 1.54) is 33.4 Å². The summed E-state index contributed by atoms with van der Waals surface area (Å²) in [5, 5.41) is 15.3. The molecule has 0 radical (unpaired) electrons. The second-order valence-corrected chi connectivity index (χ2v) is 20.8. The number of nitriles is 1. The van der Waals surface area contributed by atoms with Crippen molar-refractivity contribution in [3.8, 4) is 84.2 Å². The molecule has 4 heteroatoms. The van der Waals surface area contributed by atoms with Gasteiger partial charge in [-0.25, -0.2) is 4.85 Å². The normalized spacial score (nSPS) is 11.4. The monoisotopic (exact) mass is 984 g/mol. The molecular formula is C73H52N4. The number of hydrogen-bond donors (Lipinski definition) is 0. The standard InChI is InChI=1S/C73H52N4/c1-45-11-7-15-51(33-45)55-21-28-69-63(39-55)64-40-56(52-16-8-12-46(2)34-52)22-29-70(64)76(69)68-32-25-59(60-26-19-49(5)37-67(60)75-6)43-62(68)61-27-20-50(44-74)38-73(61)77-71-30-23-57(53-17-9-13-47(3)35-53)41-65(71)66-42-58(24-31-72(66)77)54-18-10-14-48(4)36-54/h7-43H,1-5H3. The molecular weight excluding hydrogens is 933 g/mol. The molecule has 0 spiro atoms. The third kappa shape index (κ3) is 8.25. The minimum atomic E-state index is 0.558. The predicted octanol–water partition coefficient (Wildman–Crippen LogP) is 19.8. The van der Waals surface area contributed by atoms with Crippen molar-refractivity contribution in [2.24, 2.45) is 0 Å². The van der Waals surface area contributed by atoms with Crippen LogP contribution in [0.1, 0.15) is 33.4 Å². The van der Waals surface area contributed by atoms with Crippen molar-refractivity contribution in [3.05, 3.63) is 269 Å². The maximum Gasteiger partial charge on any atom is 0.195 e. The van der Waals surface area contributed by atoms with E-state index in [4.69, 9.17) is 6.57 Å². The van der Waals surface area contributed by atoms with Crippen LogP contribution in [0.25, 0.3) is 127 Å². The summed E-state index contributed by atoms with van der Waals surface area (Å²) in [6.45, 7) is 18.9. The van der Waals surface area contributed by atoms with Crippen LogP contribution in [0.15, 0.2) is 224 Å². The Morgan fingerprint density at radius 3 is 1.10 bits per heavy atom. The van der Waals surface area contributed by atoms with Crippen LogP contribution in [0.5, 0.6) is 0 Å². The molecule has 0 amide bonds. The lowest BCUT2D eigenvalue weighted by molar-refractivity contribution is 1.16. The Bertz CT molecular complexity index is 4450. The minimum absolute atomic E-state index is 0.558. The Morgan fingerprint density at radius 2 is 0.701 bits per heavy atom. The van der Waals surface area contributed by atoms with Crippen LogP contribution in [0.4, 0.5) is 5.69 Å². The molecule has 0 saturated carbocycles. The third-order valence-electron chi connectivity index (χ3n) is 15.4. The molecule has 364 valence electrons. The van der Waals surface area contributed by atoms with E-state index in [0.29, 0.717) is 11.3 Å². The lowest BCUT2D eigenvalue weighted by Crippen LogP contribution is -2.02. The Labute approximate surface area is 449 Å². The van der Waals surface area contributed by atoms with Crippen LogP contribution in [-0.4, -0.2) is 9.13 Å². The molecule has 0 atom stereocenters. The maximum absolute atomic E-state index is 10.8. The second kappa shape index (κ2) is 18.7. The Kier molecular flexibility index (Phi) is 11.4. The SMILES string of the molecule is [C-]#[N+]c1cc(C)ccc1-c1ccc(-n2c3ccc(-c4cccc(C)c4)cc3c3cc(-c4cccc(C)c4)ccc32)c(-c2ccc(C#N)cc2-n2c3ccc(-c4cccc(C)c4)cc3c3cc(-c4cccc(C)c4)ccc32)c1. The highest BCUT2D eigenvalue weighted by Crippen LogP contribution is 2.46. The molecule has 0 unspecified atom stereocenters. The average molecular weight is 985 g/mol. The third-order valence-corrected chi connectivity index (χ3v) is 15.4. The molecule has 11 aromatic carbocycles. The van der Waals surface area contributed by atoms with Gasteiger partial charge in [-0.05, 0) is 163 Å². The zero-order valence-corrected chi connectivity index (χ0v) is 43.7. The summed E-state index contributed by atoms with van der Waals surface area (Å²) in [5.41, 5.74) is 26.1. The van der Waals surface area contributed by atoms with E-state index < -0.39 is 0 Å². The molecule has 0 fully saturated rings. The van der Waals surface area contributed by atoms with E-state index in [1.54, 1.807) is 0 Å². The van der Waals surface area contributed by atoms with Gasteiger partial charge < -0.3 is 9.13 Å². The van der Waals surface area contributed by atoms with E-state index in [2.05, 4.69) is 260 Å². The summed E-state index contributed by atoms with van der Waals surface area (Å²) in [6.07, 6.45) is 0.